The predicted octanol–water partition coefficient (Wildman–Crippen LogP) is 3.93. The van der Waals surface area contributed by atoms with Crippen molar-refractivity contribution < 1.29 is 29.3 Å². The van der Waals surface area contributed by atoms with Gasteiger partial charge in [0.15, 0.2) is 0 Å². The highest BCUT2D eigenvalue weighted by atomic mass is 19.1. The molecular formula is C20H25FO5. The molecule has 0 radical (unpaired) electrons. The van der Waals surface area contributed by atoms with Crippen molar-refractivity contribution in [2.45, 2.75) is 51.0 Å². The molecule has 6 heteroatoms. The summed E-state index contributed by atoms with van der Waals surface area (Å²) in [5.41, 5.74) is 1.26. The van der Waals surface area contributed by atoms with Crippen molar-refractivity contribution in [2.75, 3.05) is 0 Å². The molecule has 0 amide bonds. The van der Waals surface area contributed by atoms with Gasteiger partial charge in [-0.3, -0.25) is 0 Å². The van der Waals surface area contributed by atoms with Crippen LogP contribution in [0.15, 0.2) is 36.4 Å². The zero-order valence-corrected chi connectivity index (χ0v) is 14.6. The van der Waals surface area contributed by atoms with Crippen LogP contribution in [-0.4, -0.2) is 27.3 Å². The second-order valence-corrected chi connectivity index (χ2v) is 7.22. The average Bonchev–Trinajstić information content (AvgIpc) is 3.23. The van der Waals surface area contributed by atoms with Gasteiger partial charge >= 0.3 is 11.9 Å². The van der Waals surface area contributed by atoms with Crippen LogP contribution >= 0.6 is 0 Å². The highest BCUT2D eigenvalue weighted by Crippen LogP contribution is 2.55. The lowest BCUT2D eigenvalue weighted by Crippen LogP contribution is -2.15. The first-order valence-electron chi connectivity index (χ1n) is 8.89. The van der Waals surface area contributed by atoms with Gasteiger partial charge in [0.25, 0.3) is 0 Å². The van der Waals surface area contributed by atoms with Crippen LogP contribution in [0.3, 0.4) is 0 Å². The Hall–Kier alpha value is -2.21. The number of halogens is 1. The predicted molar refractivity (Wildman–Crippen MR) is 94.0 cm³/mol. The second kappa shape index (κ2) is 8.94. The molecule has 0 aromatic heterocycles. The van der Waals surface area contributed by atoms with Crippen LogP contribution in [-0.2, 0) is 9.59 Å². The molecular weight excluding hydrogens is 339 g/mol. The molecule has 1 aromatic rings. The van der Waals surface area contributed by atoms with Crippen LogP contribution in [0.5, 0.6) is 0 Å². The van der Waals surface area contributed by atoms with Crippen molar-refractivity contribution in [1.82, 2.24) is 0 Å². The Morgan fingerprint density at radius 2 is 1.73 bits per heavy atom. The van der Waals surface area contributed by atoms with E-state index in [9.17, 15) is 19.1 Å². The topological polar surface area (TPSA) is 94.8 Å². The lowest BCUT2D eigenvalue weighted by molar-refractivity contribution is -0.134. The Kier molecular flexibility index (Phi) is 6.91. The summed E-state index contributed by atoms with van der Waals surface area (Å²) in [4.78, 5) is 19.1. The van der Waals surface area contributed by atoms with Crippen molar-refractivity contribution >= 4 is 11.9 Å². The Labute approximate surface area is 152 Å². The van der Waals surface area contributed by atoms with Gasteiger partial charge in [-0.1, -0.05) is 25.0 Å². The maximum atomic E-state index is 13.2. The van der Waals surface area contributed by atoms with E-state index in [1.807, 2.05) is 6.07 Å². The first-order chi connectivity index (χ1) is 12.3. The van der Waals surface area contributed by atoms with Crippen LogP contribution < -0.4 is 0 Å². The molecule has 2 atom stereocenters. The maximum Gasteiger partial charge on any atom is 0.328 e. The molecule has 1 aromatic carbocycles. The molecule has 0 aliphatic heterocycles. The van der Waals surface area contributed by atoms with E-state index in [4.69, 9.17) is 10.2 Å². The Balaban J connectivity index is 0.000000260. The summed E-state index contributed by atoms with van der Waals surface area (Å²) < 4.78 is 13.2. The monoisotopic (exact) mass is 364 g/mol. The van der Waals surface area contributed by atoms with Crippen molar-refractivity contribution in [2.24, 2.45) is 11.3 Å². The minimum absolute atomic E-state index is 0.250. The van der Waals surface area contributed by atoms with Gasteiger partial charge in [-0.15, -0.1) is 0 Å². The Bertz CT molecular complexity index is 648. The van der Waals surface area contributed by atoms with Gasteiger partial charge in [-0.25, -0.2) is 14.0 Å². The van der Waals surface area contributed by atoms with Gasteiger partial charge < -0.3 is 15.3 Å². The fourth-order valence-corrected chi connectivity index (χ4v) is 4.21. The smallest absolute Gasteiger partial charge is 0.328 e. The molecule has 0 bridgehead atoms. The SMILES string of the molecule is O=C(O)/C=C\C(=O)O.O[C@H](c1cccc(F)c1)[C@H]1CCC2(CCCC2)C1. The van der Waals surface area contributed by atoms with Crippen molar-refractivity contribution in [3.05, 3.63) is 47.8 Å². The van der Waals surface area contributed by atoms with E-state index in [2.05, 4.69) is 0 Å². The summed E-state index contributed by atoms with van der Waals surface area (Å²) in [6.07, 6.45) is 9.47. The van der Waals surface area contributed by atoms with E-state index < -0.39 is 18.0 Å². The van der Waals surface area contributed by atoms with Crippen molar-refractivity contribution in [3.63, 3.8) is 0 Å². The molecule has 3 rings (SSSR count). The number of aliphatic hydroxyl groups is 1. The normalized spacial score (nSPS) is 22.2. The minimum Gasteiger partial charge on any atom is -0.478 e. The van der Waals surface area contributed by atoms with Crippen LogP contribution in [0.1, 0.15) is 56.6 Å². The molecule has 2 saturated carbocycles. The van der Waals surface area contributed by atoms with Crippen LogP contribution in [0.2, 0.25) is 0 Å². The van der Waals surface area contributed by atoms with E-state index in [0.717, 1.165) is 18.4 Å². The highest BCUT2D eigenvalue weighted by Gasteiger charge is 2.43. The van der Waals surface area contributed by atoms with Gasteiger partial charge in [0.2, 0.25) is 0 Å². The van der Waals surface area contributed by atoms with Gasteiger partial charge in [-0.05, 0) is 61.1 Å². The van der Waals surface area contributed by atoms with Crippen LogP contribution in [0.4, 0.5) is 4.39 Å². The van der Waals surface area contributed by atoms with Crippen LogP contribution in [0.25, 0.3) is 0 Å². The number of carboxylic acid groups (broad SMARTS) is 2. The number of carboxylic acids is 2. The molecule has 2 fully saturated rings. The van der Waals surface area contributed by atoms with E-state index in [0.29, 0.717) is 23.5 Å². The summed E-state index contributed by atoms with van der Waals surface area (Å²) in [6, 6.07) is 6.44. The van der Waals surface area contributed by atoms with Crippen molar-refractivity contribution in [3.8, 4) is 0 Å². The number of carbonyl (C=O) groups is 2. The van der Waals surface area contributed by atoms with Gasteiger partial charge in [0.1, 0.15) is 5.82 Å². The Morgan fingerprint density at radius 3 is 2.27 bits per heavy atom. The molecule has 0 unspecified atom stereocenters. The molecule has 0 saturated heterocycles. The molecule has 5 nitrogen and oxygen atoms in total. The van der Waals surface area contributed by atoms with Crippen LogP contribution in [0, 0.1) is 17.2 Å². The lowest BCUT2D eigenvalue weighted by Gasteiger charge is -2.24. The fourth-order valence-electron chi connectivity index (χ4n) is 4.21. The van der Waals surface area contributed by atoms with E-state index >= 15 is 0 Å². The molecule has 2 aliphatic carbocycles. The number of rotatable bonds is 4. The first-order valence-corrected chi connectivity index (χ1v) is 8.89. The summed E-state index contributed by atoms with van der Waals surface area (Å²) in [7, 11) is 0. The van der Waals surface area contributed by atoms with E-state index in [-0.39, 0.29) is 5.82 Å². The summed E-state index contributed by atoms with van der Waals surface area (Å²) in [5, 5.41) is 26.0. The summed E-state index contributed by atoms with van der Waals surface area (Å²) in [5.74, 6) is -2.44. The molecule has 1 spiro atoms. The zero-order chi connectivity index (χ0) is 19.2. The number of hydrogen-bond acceptors (Lipinski definition) is 3. The lowest BCUT2D eigenvalue weighted by atomic mass is 9.82. The summed E-state index contributed by atoms with van der Waals surface area (Å²) in [6.45, 7) is 0. The fraction of sp³-hybridized carbons (Fsp3) is 0.500. The number of aliphatic hydroxyl groups excluding tert-OH is 1. The van der Waals surface area contributed by atoms with Gasteiger partial charge in [0.05, 0.1) is 6.10 Å². The molecule has 142 valence electrons. The third-order valence-corrected chi connectivity index (χ3v) is 5.41. The van der Waals surface area contributed by atoms with E-state index in [1.165, 1.54) is 44.2 Å². The quantitative estimate of drug-likeness (QED) is 0.704. The zero-order valence-electron chi connectivity index (χ0n) is 14.6. The number of benzene rings is 1. The second-order valence-electron chi connectivity index (χ2n) is 7.22. The minimum atomic E-state index is -1.26. The van der Waals surface area contributed by atoms with E-state index in [1.54, 1.807) is 6.07 Å². The Morgan fingerprint density at radius 1 is 1.12 bits per heavy atom. The number of aliphatic carboxylic acids is 2. The standard InChI is InChI=1S/C16H21FO.C4H4O4/c17-14-5-3-4-12(10-14)15(18)13-6-9-16(11-13)7-1-2-8-16;5-3(6)1-2-4(7)8/h3-5,10,13,15,18H,1-2,6-9,11H2;1-2H,(H,5,6)(H,7,8)/b;2-1-/t13-,15+;/m0./s1. The van der Waals surface area contributed by atoms with Gasteiger partial charge in [-0.2, -0.15) is 0 Å². The molecule has 26 heavy (non-hydrogen) atoms. The average molecular weight is 364 g/mol. The molecule has 0 heterocycles. The summed E-state index contributed by atoms with van der Waals surface area (Å²) >= 11 is 0. The van der Waals surface area contributed by atoms with Gasteiger partial charge in [0, 0.05) is 12.2 Å². The van der Waals surface area contributed by atoms with Crippen molar-refractivity contribution in [1.29, 1.82) is 0 Å². The number of hydrogen-bond donors (Lipinski definition) is 3. The third-order valence-electron chi connectivity index (χ3n) is 5.41. The largest absolute Gasteiger partial charge is 0.478 e. The third kappa shape index (κ3) is 5.66. The molecule has 3 N–H and O–H groups in total. The maximum absolute atomic E-state index is 13.2. The highest BCUT2D eigenvalue weighted by molar-refractivity contribution is 5.89. The first kappa shape index (κ1) is 20.1. The molecule has 2 aliphatic rings.